The van der Waals surface area contributed by atoms with Crippen LogP contribution in [0.25, 0.3) is 0 Å². The molecular formula is C17H25Cl2N5S. The normalized spacial score (nSPS) is 17.2. The fourth-order valence-electron chi connectivity index (χ4n) is 3.42. The van der Waals surface area contributed by atoms with Crippen LogP contribution >= 0.6 is 36.2 Å². The second-order valence-corrected chi connectivity index (χ2v) is 7.51. The van der Waals surface area contributed by atoms with Crippen LogP contribution in [0.5, 0.6) is 0 Å². The molecule has 8 heteroatoms. The van der Waals surface area contributed by atoms with Gasteiger partial charge in [-0.1, -0.05) is 0 Å². The van der Waals surface area contributed by atoms with Crippen molar-refractivity contribution in [3.05, 3.63) is 33.2 Å². The number of rotatable bonds is 3. The van der Waals surface area contributed by atoms with Gasteiger partial charge >= 0.3 is 0 Å². The Hall–Kier alpha value is -0.950. The predicted octanol–water partition coefficient (Wildman–Crippen LogP) is 3.52. The van der Waals surface area contributed by atoms with E-state index in [9.17, 15) is 0 Å². The van der Waals surface area contributed by atoms with E-state index < -0.39 is 0 Å². The molecule has 2 N–H and O–H groups in total. The maximum Gasteiger partial charge on any atom is 0.133 e. The van der Waals surface area contributed by atoms with E-state index in [0.29, 0.717) is 0 Å². The maximum atomic E-state index is 4.88. The largest absolute Gasteiger partial charge is 0.361 e. The van der Waals surface area contributed by atoms with Crippen molar-refractivity contribution in [2.45, 2.75) is 51.5 Å². The van der Waals surface area contributed by atoms with Crippen LogP contribution in [0.4, 0.5) is 5.82 Å². The van der Waals surface area contributed by atoms with Crippen LogP contribution in [0.15, 0.2) is 6.33 Å². The summed E-state index contributed by atoms with van der Waals surface area (Å²) in [4.78, 5) is 15.3. The fourth-order valence-corrected chi connectivity index (χ4v) is 4.58. The van der Waals surface area contributed by atoms with Crippen LogP contribution in [0.1, 0.15) is 52.6 Å². The minimum Gasteiger partial charge on any atom is -0.361 e. The summed E-state index contributed by atoms with van der Waals surface area (Å²) < 4.78 is 0. The molecule has 0 fully saturated rings. The molecule has 1 aliphatic carbocycles. The van der Waals surface area contributed by atoms with E-state index in [4.69, 9.17) is 4.98 Å². The first kappa shape index (κ1) is 20.4. The highest BCUT2D eigenvalue weighted by molar-refractivity contribution is 7.11. The lowest BCUT2D eigenvalue weighted by Gasteiger charge is -2.16. The summed E-state index contributed by atoms with van der Waals surface area (Å²) in [5.74, 6) is 0.986. The molecule has 3 heterocycles. The van der Waals surface area contributed by atoms with E-state index in [1.54, 1.807) is 6.33 Å². The van der Waals surface area contributed by atoms with Gasteiger partial charge in [-0.2, -0.15) is 0 Å². The number of aryl methyl sites for hydroxylation is 2. The van der Waals surface area contributed by atoms with Gasteiger partial charge in [0.2, 0.25) is 0 Å². The Bertz CT molecular complexity index is 683. The average molecular weight is 402 g/mol. The SMILES string of the molecule is CC(Nc1ncnc2c1CCNCC2)c1nc2c(s1)CCCC2.Cl.Cl. The Morgan fingerprint density at radius 2 is 1.84 bits per heavy atom. The van der Waals surface area contributed by atoms with Gasteiger partial charge in [-0.15, -0.1) is 36.2 Å². The van der Waals surface area contributed by atoms with Crippen LogP contribution < -0.4 is 10.6 Å². The number of anilines is 1. The lowest BCUT2D eigenvalue weighted by Crippen LogP contribution is -2.16. The second-order valence-electron chi connectivity index (χ2n) is 6.39. The maximum absolute atomic E-state index is 4.88. The molecule has 2 aromatic heterocycles. The minimum atomic E-state index is 0. The van der Waals surface area contributed by atoms with Gasteiger partial charge in [-0.25, -0.2) is 15.0 Å². The quantitative estimate of drug-likeness (QED) is 0.823. The van der Waals surface area contributed by atoms with E-state index >= 15 is 0 Å². The van der Waals surface area contributed by atoms with Crippen LogP contribution in [-0.4, -0.2) is 28.0 Å². The first-order chi connectivity index (χ1) is 11.3. The summed E-state index contributed by atoms with van der Waals surface area (Å²) in [5, 5.41) is 8.22. The molecule has 5 nitrogen and oxygen atoms in total. The molecule has 0 radical (unpaired) electrons. The summed E-state index contributed by atoms with van der Waals surface area (Å²) in [6.07, 6.45) is 8.59. The Morgan fingerprint density at radius 3 is 2.68 bits per heavy atom. The molecule has 0 amide bonds. The van der Waals surface area contributed by atoms with Crippen molar-refractivity contribution in [3.63, 3.8) is 0 Å². The molecule has 0 aromatic carbocycles. The van der Waals surface area contributed by atoms with Gasteiger partial charge in [0.1, 0.15) is 17.2 Å². The molecule has 1 unspecified atom stereocenters. The highest BCUT2D eigenvalue weighted by Crippen LogP contribution is 2.31. The Kier molecular flexibility index (Phi) is 7.43. The number of hydrogen-bond donors (Lipinski definition) is 2. The van der Waals surface area contributed by atoms with Gasteiger partial charge < -0.3 is 10.6 Å². The van der Waals surface area contributed by atoms with Crippen molar-refractivity contribution in [3.8, 4) is 0 Å². The van der Waals surface area contributed by atoms with Gasteiger partial charge in [0, 0.05) is 23.4 Å². The zero-order chi connectivity index (χ0) is 15.6. The summed E-state index contributed by atoms with van der Waals surface area (Å²) in [6, 6.07) is 0.195. The number of halogens is 2. The zero-order valence-corrected chi connectivity index (χ0v) is 16.8. The number of nitrogens with one attached hydrogen (secondary N) is 2. The van der Waals surface area contributed by atoms with Crippen LogP contribution in [-0.2, 0) is 25.7 Å². The summed E-state index contributed by atoms with van der Waals surface area (Å²) in [6.45, 7) is 4.18. The van der Waals surface area contributed by atoms with Gasteiger partial charge in [0.25, 0.3) is 0 Å². The van der Waals surface area contributed by atoms with Crippen molar-refractivity contribution < 1.29 is 0 Å². The van der Waals surface area contributed by atoms with Gasteiger partial charge in [-0.05, 0) is 45.6 Å². The Labute approximate surface area is 165 Å². The van der Waals surface area contributed by atoms with Gasteiger partial charge in [0.05, 0.1) is 17.4 Å². The molecule has 1 aliphatic heterocycles. The van der Waals surface area contributed by atoms with E-state index in [1.165, 1.54) is 46.1 Å². The molecule has 0 saturated carbocycles. The molecule has 4 rings (SSSR count). The van der Waals surface area contributed by atoms with Crippen molar-refractivity contribution >= 4 is 42.0 Å². The molecule has 0 saturated heterocycles. The summed E-state index contributed by atoms with van der Waals surface area (Å²) >= 11 is 1.87. The van der Waals surface area contributed by atoms with Crippen LogP contribution in [0.3, 0.4) is 0 Å². The molecule has 138 valence electrons. The highest BCUT2D eigenvalue weighted by atomic mass is 35.5. The van der Waals surface area contributed by atoms with Gasteiger partial charge in [-0.3, -0.25) is 0 Å². The topological polar surface area (TPSA) is 62.7 Å². The van der Waals surface area contributed by atoms with E-state index in [0.717, 1.165) is 38.2 Å². The van der Waals surface area contributed by atoms with Crippen LogP contribution in [0.2, 0.25) is 0 Å². The molecular weight excluding hydrogens is 377 g/mol. The minimum absolute atomic E-state index is 0. The Morgan fingerprint density at radius 1 is 1.04 bits per heavy atom. The van der Waals surface area contributed by atoms with Crippen molar-refractivity contribution in [2.75, 3.05) is 18.4 Å². The van der Waals surface area contributed by atoms with E-state index in [-0.39, 0.29) is 30.9 Å². The van der Waals surface area contributed by atoms with Crippen molar-refractivity contribution in [1.82, 2.24) is 20.3 Å². The van der Waals surface area contributed by atoms with E-state index in [2.05, 4.69) is 27.5 Å². The first-order valence-corrected chi connectivity index (χ1v) is 9.41. The third kappa shape index (κ3) is 4.42. The smallest absolute Gasteiger partial charge is 0.133 e. The molecule has 0 spiro atoms. The van der Waals surface area contributed by atoms with Gasteiger partial charge in [0.15, 0.2) is 0 Å². The van der Waals surface area contributed by atoms with E-state index in [1.807, 2.05) is 11.3 Å². The standard InChI is InChI=1S/C17H23N5S.2ClH/c1-11(17-22-14-4-2-3-5-15(14)23-17)21-16-12-6-8-18-9-7-13(12)19-10-20-16;;/h10-11,18H,2-9H2,1H3,(H,19,20,21);2*1H. The average Bonchev–Trinajstić information content (AvgIpc) is 2.86. The number of thiazole rings is 1. The van der Waals surface area contributed by atoms with Crippen molar-refractivity contribution in [1.29, 1.82) is 0 Å². The fraction of sp³-hybridized carbons (Fsp3) is 0.588. The molecule has 0 bridgehead atoms. The summed E-state index contributed by atoms with van der Waals surface area (Å²) in [7, 11) is 0. The third-order valence-corrected chi connectivity index (χ3v) is 6.05. The number of aromatic nitrogens is 3. The zero-order valence-electron chi connectivity index (χ0n) is 14.4. The van der Waals surface area contributed by atoms with Crippen LogP contribution in [0, 0.1) is 0 Å². The lowest BCUT2D eigenvalue weighted by molar-refractivity contribution is 0.678. The molecule has 25 heavy (non-hydrogen) atoms. The lowest BCUT2D eigenvalue weighted by atomic mass is 10.0. The monoisotopic (exact) mass is 401 g/mol. The predicted molar refractivity (Wildman–Crippen MR) is 108 cm³/mol. The number of hydrogen-bond acceptors (Lipinski definition) is 6. The summed E-state index contributed by atoms with van der Waals surface area (Å²) in [5.41, 5.74) is 3.78. The number of fused-ring (bicyclic) bond motifs is 2. The highest BCUT2D eigenvalue weighted by Gasteiger charge is 2.20. The third-order valence-electron chi connectivity index (χ3n) is 4.71. The molecule has 2 aliphatic rings. The number of nitrogens with zero attached hydrogens (tertiary/aromatic N) is 3. The van der Waals surface area contributed by atoms with Crippen molar-refractivity contribution in [2.24, 2.45) is 0 Å². The molecule has 1 atom stereocenters. The second kappa shape index (κ2) is 9.12. The Balaban J connectivity index is 0.00000113. The molecule has 2 aromatic rings. The first-order valence-electron chi connectivity index (χ1n) is 8.60.